The molecule has 0 aliphatic heterocycles. The van der Waals surface area contributed by atoms with Gasteiger partial charge in [-0.25, -0.2) is 13.4 Å². The predicted octanol–water partition coefficient (Wildman–Crippen LogP) is 3.80. The van der Waals surface area contributed by atoms with Crippen LogP contribution in [-0.2, 0) is 22.7 Å². The van der Waals surface area contributed by atoms with Crippen LogP contribution >= 0.6 is 0 Å². The number of halogens is 3. The number of nitrogens with zero attached hydrogens (tertiary/aromatic N) is 4. The lowest BCUT2D eigenvalue weighted by atomic mass is 10.1. The van der Waals surface area contributed by atoms with Crippen LogP contribution in [0.3, 0.4) is 0 Å². The SMILES string of the molecule is CN(C)C(O)c1ccc(Nc2ncc(C(F)(F)F)c(NCc3ccccc3N(C)S(C)(=O)=O)n2)cc1. The number of anilines is 4. The Bertz CT molecular complexity index is 1300. The Morgan fingerprint density at radius 2 is 1.69 bits per heavy atom. The maximum atomic E-state index is 13.6. The van der Waals surface area contributed by atoms with E-state index in [2.05, 4.69) is 20.6 Å². The number of rotatable bonds is 9. The van der Waals surface area contributed by atoms with E-state index >= 15 is 0 Å². The van der Waals surface area contributed by atoms with Crippen LogP contribution < -0.4 is 14.9 Å². The van der Waals surface area contributed by atoms with E-state index in [-0.39, 0.29) is 12.5 Å². The monoisotopic (exact) mass is 524 g/mol. The Morgan fingerprint density at radius 3 is 2.28 bits per heavy atom. The van der Waals surface area contributed by atoms with E-state index in [1.807, 2.05) is 0 Å². The molecule has 3 aromatic rings. The number of para-hydroxylation sites is 1. The van der Waals surface area contributed by atoms with Gasteiger partial charge >= 0.3 is 6.18 Å². The van der Waals surface area contributed by atoms with Crippen LogP contribution in [0.5, 0.6) is 0 Å². The number of nitrogens with one attached hydrogen (secondary N) is 2. The van der Waals surface area contributed by atoms with Gasteiger partial charge in [-0.2, -0.15) is 18.2 Å². The highest BCUT2D eigenvalue weighted by Gasteiger charge is 2.35. The summed E-state index contributed by atoms with van der Waals surface area (Å²) in [6.07, 6.45) is -3.80. The van der Waals surface area contributed by atoms with Gasteiger partial charge in [0.1, 0.15) is 17.6 Å². The highest BCUT2D eigenvalue weighted by molar-refractivity contribution is 7.92. The van der Waals surface area contributed by atoms with Crippen molar-refractivity contribution in [3.63, 3.8) is 0 Å². The van der Waals surface area contributed by atoms with Crippen molar-refractivity contribution in [3.05, 3.63) is 71.4 Å². The molecule has 3 rings (SSSR count). The summed E-state index contributed by atoms with van der Waals surface area (Å²) < 4.78 is 65.9. The van der Waals surface area contributed by atoms with Gasteiger partial charge < -0.3 is 15.7 Å². The molecule has 0 saturated carbocycles. The van der Waals surface area contributed by atoms with Gasteiger partial charge in [0.15, 0.2) is 0 Å². The second-order valence-corrected chi connectivity index (χ2v) is 10.3. The second-order valence-electron chi connectivity index (χ2n) is 8.25. The van der Waals surface area contributed by atoms with Gasteiger partial charge in [-0.15, -0.1) is 0 Å². The Balaban J connectivity index is 1.87. The molecule has 1 unspecified atom stereocenters. The standard InChI is InChI=1S/C23H27F3N6O3S/c1-31(2)21(33)15-9-11-17(12-10-15)29-22-28-14-18(23(24,25)26)20(30-22)27-13-16-7-5-6-8-19(16)32(3)36(4,34)35/h5-12,14,21,33H,13H2,1-4H3,(H2,27,28,29,30). The predicted molar refractivity (Wildman–Crippen MR) is 132 cm³/mol. The molecule has 36 heavy (non-hydrogen) atoms. The number of aliphatic hydroxyl groups is 1. The third-order valence-electron chi connectivity index (χ3n) is 5.32. The highest BCUT2D eigenvalue weighted by atomic mass is 32.2. The number of benzene rings is 2. The molecule has 0 fully saturated rings. The van der Waals surface area contributed by atoms with Crippen LogP contribution in [0.1, 0.15) is 22.9 Å². The first-order chi connectivity index (χ1) is 16.8. The van der Waals surface area contributed by atoms with Gasteiger partial charge in [0.05, 0.1) is 11.9 Å². The largest absolute Gasteiger partial charge is 0.421 e. The van der Waals surface area contributed by atoms with E-state index < -0.39 is 33.8 Å². The van der Waals surface area contributed by atoms with Crippen LogP contribution in [-0.4, -0.2) is 55.8 Å². The topological polar surface area (TPSA) is 111 Å². The normalized spacial score (nSPS) is 12.9. The Hall–Kier alpha value is -3.42. The third kappa shape index (κ3) is 6.62. The minimum atomic E-state index is -4.71. The second kappa shape index (κ2) is 10.7. The van der Waals surface area contributed by atoms with Crippen molar-refractivity contribution in [3.8, 4) is 0 Å². The summed E-state index contributed by atoms with van der Waals surface area (Å²) in [7, 11) is 1.23. The molecular weight excluding hydrogens is 497 g/mol. The number of sulfonamides is 1. The van der Waals surface area contributed by atoms with E-state index in [0.29, 0.717) is 28.7 Å². The quantitative estimate of drug-likeness (QED) is 0.363. The van der Waals surface area contributed by atoms with Crippen molar-refractivity contribution in [2.45, 2.75) is 18.9 Å². The van der Waals surface area contributed by atoms with Crippen LogP contribution in [0.15, 0.2) is 54.7 Å². The lowest BCUT2D eigenvalue weighted by Gasteiger charge is -2.21. The van der Waals surface area contributed by atoms with Crippen molar-refractivity contribution in [2.24, 2.45) is 0 Å². The fraction of sp³-hybridized carbons (Fsp3) is 0.304. The molecule has 1 heterocycles. The zero-order valence-corrected chi connectivity index (χ0v) is 20.9. The van der Waals surface area contributed by atoms with Gasteiger partial charge in [0.2, 0.25) is 16.0 Å². The average Bonchev–Trinajstić information content (AvgIpc) is 2.81. The molecule has 0 aliphatic carbocycles. The number of aliphatic hydroxyl groups excluding tert-OH is 1. The molecule has 0 radical (unpaired) electrons. The van der Waals surface area contributed by atoms with E-state index in [1.54, 1.807) is 67.5 Å². The van der Waals surface area contributed by atoms with Gasteiger partial charge in [-0.1, -0.05) is 30.3 Å². The summed E-state index contributed by atoms with van der Waals surface area (Å²) in [5.41, 5.74) is 0.871. The molecular formula is C23H27F3N6O3S. The molecule has 0 spiro atoms. The smallest absolute Gasteiger partial charge is 0.374 e. The summed E-state index contributed by atoms with van der Waals surface area (Å²) in [4.78, 5) is 9.42. The number of aromatic nitrogens is 2. The summed E-state index contributed by atoms with van der Waals surface area (Å²) in [5, 5.41) is 15.6. The maximum absolute atomic E-state index is 13.6. The molecule has 194 valence electrons. The van der Waals surface area contributed by atoms with Crippen LogP contribution in [0, 0.1) is 0 Å². The summed E-state index contributed by atoms with van der Waals surface area (Å²) >= 11 is 0. The van der Waals surface area contributed by atoms with E-state index in [4.69, 9.17) is 0 Å². The molecule has 3 N–H and O–H groups in total. The Labute approximate surface area is 207 Å². The Kier molecular flexibility index (Phi) is 8.06. The summed E-state index contributed by atoms with van der Waals surface area (Å²) in [6, 6.07) is 13.1. The van der Waals surface area contributed by atoms with Crippen LogP contribution in [0.2, 0.25) is 0 Å². The van der Waals surface area contributed by atoms with Crippen LogP contribution in [0.4, 0.5) is 36.3 Å². The summed E-state index contributed by atoms with van der Waals surface area (Å²) in [6.45, 7) is -0.118. The van der Waals surface area contributed by atoms with Gasteiger partial charge in [0.25, 0.3) is 0 Å². The molecule has 1 atom stereocenters. The van der Waals surface area contributed by atoms with Gasteiger partial charge in [-0.3, -0.25) is 9.21 Å². The minimum absolute atomic E-state index is 0.0760. The van der Waals surface area contributed by atoms with Gasteiger partial charge in [-0.05, 0) is 43.4 Å². The fourth-order valence-corrected chi connectivity index (χ4v) is 3.81. The number of alkyl halides is 3. The van der Waals surface area contributed by atoms with Crippen molar-refractivity contribution in [1.29, 1.82) is 0 Å². The molecule has 0 amide bonds. The van der Waals surface area contributed by atoms with Gasteiger partial charge in [0, 0.05) is 25.5 Å². The Morgan fingerprint density at radius 1 is 1.06 bits per heavy atom. The molecule has 2 aromatic carbocycles. The number of hydrogen-bond donors (Lipinski definition) is 3. The maximum Gasteiger partial charge on any atom is 0.421 e. The van der Waals surface area contributed by atoms with E-state index in [0.717, 1.165) is 10.6 Å². The van der Waals surface area contributed by atoms with Crippen molar-refractivity contribution >= 4 is 33.2 Å². The lowest BCUT2D eigenvalue weighted by molar-refractivity contribution is -0.137. The lowest BCUT2D eigenvalue weighted by Crippen LogP contribution is -2.26. The van der Waals surface area contributed by atoms with E-state index in [9.17, 15) is 26.7 Å². The molecule has 0 saturated heterocycles. The first kappa shape index (κ1) is 27.2. The highest BCUT2D eigenvalue weighted by Crippen LogP contribution is 2.35. The zero-order chi connectivity index (χ0) is 26.7. The zero-order valence-electron chi connectivity index (χ0n) is 20.1. The molecule has 0 bridgehead atoms. The van der Waals surface area contributed by atoms with E-state index in [1.165, 1.54) is 7.05 Å². The first-order valence-corrected chi connectivity index (χ1v) is 12.5. The summed E-state index contributed by atoms with van der Waals surface area (Å²) in [5.74, 6) is -0.538. The molecule has 1 aromatic heterocycles. The minimum Gasteiger partial charge on any atom is -0.374 e. The molecule has 0 aliphatic rings. The number of hydrogen-bond acceptors (Lipinski definition) is 8. The van der Waals surface area contributed by atoms with Crippen molar-refractivity contribution in [2.75, 3.05) is 42.3 Å². The third-order valence-corrected chi connectivity index (χ3v) is 6.51. The molecule has 9 nitrogen and oxygen atoms in total. The van der Waals surface area contributed by atoms with Crippen molar-refractivity contribution in [1.82, 2.24) is 14.9 Å². The average molecular weight is 525 g/mol. The van der Waals surface area contributed by atoms with Crippen molar-refractivity contribution < 1.29 is 26.7 Å². The van der Waals surface area contributed by atoms with Crippen LogP contribution in [0.25, 0.3) is 0 Å². The molecule has 13 heteroatoms. The first-order valence-electron chi connectivity index (χ1n) is 10.7. The fourth-order valence-electron chi connectivity index (χ4n) is 3.28.